The number of rotatable bonds is 5. The molecule has 0 aromatic heterocycles. The van der Waals surface area contributed by atoms with Gasteiger partial charge in [-0.05, 0) is 38.0 Å². The Morgan fingerprint density at radius 1 is 1.45 bits per heavy atom. The van der Waals surface area contributed by atoms with Gasteiger partial charge in [0.2, 0.25) is 0 Å². The SMILES string of the molecule is CCC(C)N(CC(=O)O)C(=O)Nc1cccc(Cl)c1C. The zero-order chi connectivity index (χ0) is 15.3. The summed E-state index contributed by atoms with van der Waals surface area (Å²) in [5.74, 6) is -1.04. The van der Waals surface area contributed by atoms with Crippen molar-refractivity contribution in [3.05, 3.63) is 28.8 Å². The number of carboxylic acids is 1. The molecule has 2 amide bonds. The summed E-state index contributed by atoms with van der Waals surface area (Å²) >= 11 is 5.99. The maximum absolute atomic E-state index is 12.2. The minimum Gasteiger partial charge on any atom is -0.480 e. The van der Waals surface area contributed by atoms with Crippen LogP contribution in [0.5, 0.6) is 0 Å². The number of hydrogen-bond acceptors (Lipinski definition) is 2. The van der Waals surface area contributed by atoms with E-state index < -0.39 is 12.0 Å². The second-order valence-electron chi connectivity index (χ2n) is 4.62. The molecule has 0 aliphatic carbocycles. The highest BCUT2D eigenvalue weighted by Crippen LogP contribution is 2.23. The van der Waals surface area contributed by atoms with Crippen molar-refractivity contribution < 1.29 is 14.7 Å². The second kappa shape index (κ2) is 7.14. The van der Waals surface area contributed by atoms with Gasteiger partial charge in [0.15, 0.2) is 0 Å². The molecule has 0 aliphatic heterocycles. The van der Waals surface area contributed by atoms with Crippen LogP contribution in [0.25, 0.3) is 0 Å². The largest absolute Gasteiger partial charge is 0.480 e. The molecule has 6 heteroatoms. The third-order valence-corrected chi connectivity index (χ3v) is 3.61. The highest BCUT2D eigenvalue weighted by molar-refractivity contribution is 6.31. The van der Waals surface area contributed by atoms with Gasteiger partial charge in [-0.3, -0.25) is 4.79 Å². The van der Waals surface area contributed by atoms with Crippen molar-refractivity contribution in [3.8, 4) is 0 Å². The van der Waals surface area contributed by atoms with E-state index in [1.54, 1.807) is 25.1 Å². The van der Waals surface area contributed by atoms with Crippen molar-refractivity contribution in [1.29, 1.82) is 0 Å². The number of nitrogens with one attached hydrogen (secondary N) is 1. The third-order valence-electron chi connectivity index (χ3n) is 3.20. The quantitative estimate of drug-likeness (QED) is 0.875. The van der Waals surface area contributed by atoms with Gasteiger partial charge in [-0.25, -0.2) is 4.79 Å². The van der Waals surface area contributed by atoms with Crippen molar-refractivity contribution in [2.24, 2.45) is 0 Å². The first-order chi connectivity index (χ1) is 9.36. The molecule has 0 saturated carbocycles. The summed E-state index contributed by atoms with van der Waals surface area (Å²) in [6.45, 7) is 5.17. The Kier molecular flexibility index (Phi) is 5.82. The molecule has 1 atom stereocenters. The Bertz CT molecular complexity index is 505. The summed E-state index contributed by atoms with van der Waals surface area (Å²) in [6, 6.07) is 4.60. The maximum Gasteiger partial charge on any atom is 0.323 e. The number of carboxylic acid groups (broad SMARTS) is 1. The van der Waals surface area contributed by atoms with Crippen LogP contribution < -0.4 is 5.32 Å². The summed E-state index contributed by atoms with van der Waals surface area (Å²) in [6.07, 6.45) is 0.676. The Morgan fingerprint density at radius 3 is 2.65 bits per heavy atom. The number of urea groups is 1. The van der Waals surface area contributed by atoms with Crippen LogP contribution in [-0.4, -0.2) is 34.6 Å². The van der Waals surface area contributed by atoms with Gasteiger partial charge in [0.1, 0.15) is 6.54 Å². The summed E-state index contributed by atoms with van der Waals surface area (Å²) in [4.78, 5) is 24.4. The van der Waals surface area contributed by atoms with E-state index in [9.17, 15) is 9.59 Å². The molecule has 1 aromatic rings. The fourth-order valence-corrected chi connectivity index (χ4v) is 1.90. The van der Waals surface area contributed by atoms with Gasteiger partial charge in [-0.1, -0.05) is 24.6 Å². The molecule has 1 unspecified atom stereocenters. The van der Waals surface area contributed by atoms with Crippen LogP contribution in [0.15, 0.2) is 18.2 Å². The van der Waals surface area contributed by atoms with Crippen LogP contribution >= 0.6 is 11.6 Å². The standard InChI is InChI=1S/C14H19ClN2O3/c1-4-9(2)17(8-13(18)19)14(20)16-12-7-5-6-11(15)10(12)3/h5-7,9H,4,8H2,1-3H3,(H,16,20)(H,18,19). The molecular weight excluding hydrogens is 280 g/mol. The molecule has 5 nitrogen and oxygen atoms in total. The lowest BCUT2D eigenvalue weighted by atomic mass is 10.2. The van der Waals surface area contributed by atoms with Crippen LogP contribution in [0.4, 0.5) is 10.5 Å². The van der Waals surface area contributed by atoms with E-state index in [-0.39, 0.29) is 12.6 Å². The average molecular weight is 299 g/mol. The molecule has 110 valence electrons. The summed E-state index contributed by atoms with van der Waals surface area (Å²) in [7, 11) is 0. The van der Waals surface area contributed by atoms with Gasteiger partial charge in [0.25, 0.3) is 0 Å². The zero-order valence-electron chi connectivity index (χ0n) is 11.8. The minimum atomic E-state index is -1.04. The number of carbonyl (C=O) groups is 2. The Labute approximate surface area is 123 Å². The highest BCUT2D eigenvalue weighted by Gasteiger charge is 2.22. The summed E-state index contributed by atoms with van der Waals surface area (Å²) < 4.78 is 0. The van der Waals surface area contributed by atoms with Gasteiger partial charge in [-0.2, -0.15) is 0 Å². The lowest BCUT2D eigenvalue weighted by Gasteiger charge is -2.27. The van der Waals surface area contributed by atoms with E-state index in [2.05, 4.69) is 5.32 Å². The summed E-state index contributed by atoms with van der Waals surface area (Å²) in [5.41, 5.74) is 1.34. The number of aliphatic carboxylic acids is 1. The molecule has 20 heavy (non-hydrogen) atoms. The Balaban J connectivity index is 2.90. The molecule has 0 radical (unpaired) electrons. The molecule has 0 bridgehead atoms. The molecule has 0 fully saturated rings. The fraction of sp³-hybridized carbons (Fsp3) is 0.429. The number of hydrogen-bond donors (Lipinski definition) is 2. The number of amides is 2. The average Bonchev–Trinajstić information content (AvgIpc) is 2.40. The molecular formula is C14H19ClN2O3. The number of anilines is 1. The van der Waals surface area contributed by atoms with Crippen LogP contribution in [-0.2, 0) is 4.79 Å². The van der Waals surface area contributed by atoms with Gasteiger partial charge in [-0.15, -0.1) is 0 Å². The van der Waals surface area contributed by atoms with Gasteiger partial charge in [0.05, 0.1) is 0 Å². The first-order valence-electron chi connectivity index (χ1n) is 6.41. The van der Waals surface area contributed by atoms with Crippen molar-refractivity contribution in [2.45, 2.75) is 33.2 Å². The van der Waals surface area contributed by atoms with Gasteiger partial charge < -0.3 is 15.3 Å². The smallest absolute Gasteiger partial charge is 0.323 e. The maximum atomic E-state index is 12.2. The summed E-state index contributed by atoms with van der Waals surface area (Å²) in [5, 5.41) is 12.2. The molecule has 0 heterocycles. The van der Waals surface area contributed by atoms with Crippen LogP contribution in [0, 0.1) is 6.92 Å². The minimum absolute atomic E-state index is 0.161. The number of nitrogens with zero attached hydrogens (tertiary/aromatic N) is 1. The number of halogens is 1. The molecule has 1 aromatic carbocycles. The van der Waals surface area contributed by atoms with Crippen LogP contribution in [0.2, 0.25) is 5.02 Å². The zero-order valence-corrected chi connectivity index (χ0v) is 12.6. The molecule has 0 aliphatic rings. The molecule has 0 saturated heterocycles. The topological polar surface area (TPSA) is 69.6 Å². The van der Waals surface area contributed by atoms with Crippen molar-refractivity contribution >= 4 is 29.3 Å². The number of benzene rings is 1. The Hall–Kier alpha value is -1.75. The van der Waals surface area contributed by atoms with E-state index in [4.69, 9.17) is 16.7 Å². The second-order valence-corrected chi connectivity index (χ2v) is 5.03. The van der Waals surface area contributed by atoms with E-state index in [1.807, 2.05) is 13.8 Å². The van der Waals surface area contributed by atoms with E-state index in [0.29, 0.717) is 17.1 Å². The molecule has 0 spiro atoms. The molecule has 1 rings (SSSR count). The number of carbonyl (C=O) groups excluding carboxylic acids is 1. The monoisotopic (exact) mass is 298 g/mol. The van der Waals surface area contributed by atoms with E-state index in [0.717, 1.165) is 5.56 Å². The fourth-order valence-electron chi connectivity index (χ4n) is 1.72. The van der Waals surface area contributed by atoms with E-state index in [1.165, 1.54) is 4.90 Å². The van der Waals surface area contributed by atoms with Crippen LogP contribution in [0.1, 0.15) is 25.8 Å². The van der Waals surface area contributed by atoms with Crippen molar-refractivity contribution in [2.75, 3.05) is 11.9 Å². The third kappa shape index (κ3) is 4.13. The highest BCUT2D eigenvalue weighted by atomic mass is 35.5. The van der Waals surface area contributed by atoms with Crippen LogP contribution in [0.3, 0.4) is 0 Å². The predicted molar refractivity (Wildman–Crippen MR) is 79.3 cm³/mol. The van der Waals surface area contributed by atoms with E-state index >= 15 is 0 Å². The van der Waals surface area contributed by atoms with Crippen molar-refractivity contribution in [3.63, 3.8) is 0 Å². The normalized spacial score (nSPS) is 11.8. The lowest BCUT2D eigenvalue weighted by Crippen LogP contribution is -2.44. The predicted octanol–water partition coefficient (Wildman–Crippen LogP) is 3.37. The first kappa shape index (κ1) is 16.3. The van der Waals surface area contributed by atoms with Gasteiger partial charge in [0, 0.05) is 16.8 Å². The lowest BCUT2D eigenvalue weighted by molar-refractivity contribution is -0.138. The van der Waals surface area contributed by atoms with Gasteiger partial charge >= 0.3 is 12.0 Å². The molecule has 2 N–H and O–H groups in total. The Morgan fingerprint density at radius 2 is 2.10 bits per heavy atom. The first-order valence-corrected chi connectivity index (χ1v) is 6.79. The van der Waals surface area contributed by atoms with Crippen molar-refractivity contribution in [1.82, 2.24) is 4.90 Å².